The summed E-state index contributed by atoms with van der Waals surface area (Å²) in [6.45, 7) is 2.03. The number of esters is 1. The van der Waals surface area contributed by atoms with E-state index in [2.05, 4.69) is 9.97 Å². The summed E-state index contributed by atoms with van der Waals surface area (Å²) in [6.07, 6.45) is 0. The van der Waals surface area contributed by atoms with Crippen LogP contribution in [0, 0.1) is 0 Å². The van der Waals surface area contributed by atoms with Crippen molar-refractivity contribution >= 4 is 28.8 Å². The van der Waals surface area contributed by atoms with Crippen molar-refractivity contribution in [2.75, 3.05) is 5.75 Å². The molecule has 0 aliphatic carbocycles. The fourth-order valence-electron chi connectivity index (χ4n) is 2.09. The van der Waals surface area contributed by atoms with Gasteiger partial charge >= 0.3 is 5.97 Å². The van der Waals surface area contributed by atoms with Gasteiger partial charge in [0.2, 0.25) is 0 Å². The predicted octanol–water partition coefficient (Wildman–Crippen LogP) is 3.96. The summed E-state index contributed by atoms with van der Waals surface area (Å²) in [5.74, 6) is 1.48. The zero-order valence-electron chi connectivity index (χ0n) is 12.2. The van der Waals surface area contributed by atoms with Crippen LogP contribution in [-0.4, -0.2) is 21.7 Å². The molecule has 0 aliphatic rings. The molecule has 1 N–H and O–H groups in total. The van der Waals surface area contributed by atoms with Gasteiger partial charge in [0.15, 0.2) is 0 Å². The molecule has 3 aromatic rings. The van der Waals surface area contributed by atoms with Gasteiger partial charge in [-0.05, 0) is 31.2 Å². The zero-order chi connectivity index (χ0) is 15.4. The first-order valence-corrected chi connectivity index (χ1v) is 8.09. The monoisotopic (exact) mass is 312 g/mol. The second-order valence-electron chi connectivity index (χ2n) is 4.88. The van der Waals surface area contributed by atoms with Crippen LogP contribution in [0.2, 0.25) is 0 Å². The highest BCUT2D eigenvalue weighted by molar-refractivity contribution is 8.00. The number of carbonyl (C=O) groups is 1. The third-order valence-electron chi connectivity index (χ3n) is 3.22. The Morgan fingerprint density at radius 2 is 1.91 bits per heavy atom. The van der Waals surface area contributed by atoms with Gasteiger partial charge in [-0.1, -0.05) is 30.3 Å². The number of benzene rings is 2. The van der Waals surface area contributed by atoms with Crippen LogP contribution in [-0.2, 0) is 4.79 Å². The topological polar surface area (TPSA) is 55.0 Å². The van der Waals surface area contributed by atoms with Crippen molar-refractivity contribution in [2.24, 2.45) is 0 Å². The Morgan fingerprint density at radius 1 is 1.18 bits per heavy atom. The van der Waals surface area contributed by atoms with Crippen molar-refractivity contribution in [3.63, 3.8) is 0 Å². The lowest BCUT2D eigenvalue weighted by Gasteiger charge is -2.08. The smallest absolute Gasteiger partial charge is 0.321 e. The van der Waals surface area contributed by atoms with Gasteiger partial charge in [-0.15, -0.1) is 11.8 Å². The first-order chi connectivity index (χ1) is 10.7. The van der Waals surface area contributed by atoms with Crippen molar-refractivity contribution < 1.29 is 9.53 Å². The maximum atomic E-state index is 11.8. The van der Waals surface area contributed by atoms with Gasteiger partial charge in [0.05, 0.1) is 22.0 Å². The molecule has 0 saturated heterocycles. The molecule has 2 aromatic carbocycles. The minimum Gasteiger partial charge on any atom is -0.426 e. The maximum absolute atomic E-state index is 11.8. The first-order valence-electron chi connectivity index (χ1n) is 7.04. The van der Waals surface area contributed by atoms with Crippen LogP contribution < -0.4 is 4.74 Å². The van der Waals surface area contributed by atoms with Gasteiger partial charge in [0, 0.05) is 0 Å². The van der Waals surface area contributed by atoms with Crippen LogP contribution in [0.3, 0.4) is 0 Å². The number of aromatic amines is 1. The summed E-state index contributed by atoms with van der Waals surface area (Å²) in [6, 6.07) is 17.0. The lowest BCUT2D eigenvalue weighted by Crippen LogP contribution is -2.11. The molecule has 0 aliphatic heterocycles. The van der Waals surface area contributed by atoms with Gasteiger partial charge in [-0.25, -0.2) is 4.98 Å². The zero-order valence-corrected chi connectivity index (χ0v) is 13.0. The molecular formula is C17H16N2O2S. The number of imidazole rings is 1. The van der Waals surface area contributed by atoms with E-state index < -0.39 is 0 Å². The summed E-state index contributed by atoms with van der Waals surface area (Å²) < 4.78 is 5.27. The van der Waals surface area contributed by atoms with E-state index >= 15 is 0 Å². The quantitative estimate of drug-likeness (QED) is 0.572. The highest BCUT2D eigenvalue weighted by Gasteiger charge is 2.14. The average Bonchev–Trinajstić information content (AvgIpc) is 2.98. The van der Waals surface area contributed by atoms with Crippen LogP contribution >= 0.6 is 11.8 Å². The molecule has 0 spiro atoms. The molecule has 1 aromatic heterocycles. The van der Waals surface area contributed by atoms with Crippen molar-refractivity contribution in [1.82, 2.24) is 9.97 Å². The third kappa shape index (κ3) is 3.49. The second-order valence-corrected chi connectivity index (χ2v) is 6.21. The fourth-order valence-corrected chi connectivity index (χ4v) is 2.80. The fraction of sp³-hybridized carbons (Fsp3) is 0.176. The van der Waals surface area contributed by atoms with Gasteiger partial charge in [-0.3, -0.25) is 4.79 Å². The number of ether oxygens (including phenoxy) is 1. The highest BCUT2D eigenvalue weighted by Crippen LogP contribution is 2.27. The Morgan fingerprint density at radius 3 is 2.68 bits per heavy atom. The summed E-state index contributed by atoms with van der Waals surface area (Å²) in [7, 11) is 0. The van der Waals surface area contributed by atoms with Crippen LogP contribution in [0.1, 0.15) is 18.0 Å². The molecule has 22 heavy (non-hydrogen) atoms. The Bertz CT molecular complexity index is 737. The van der Waals surface area contributed by atoms with Gasteiger partial charge in [0.1, 0.15) is 11.6 Å². The number of nitrogens with one attached hydrogen (secondary N) is 1. The number of carbonyl (C=O) groups excluding carboxylic acids is 1. The van der Waals surface area contributed by atoms with Crippen LogP contribution in [0.5, 0.6) is 5.75 Å². The van der Waals surface area contributed by atoms with Crippen molar-refractivity contribution in [3.8, 4) is 5.75 Å². The molecule has 1 heterocycles. The molecule has 112 valence electrons. The van der Waals surface area contributed by atoms with E-state index in [1.54, 1.807) is 12.1 Å². The van der Waals surface area contributed by atoms with E-state index in [4.69, 9.17) is 4.74 Å². The van der Waals surface area contributed by atoms with E-state index in [9.17, 15) is 4.79 Å². The Labute approximate surface area is 132 Å². The number of fused-ring (bicyclic) bond motifs is 1. The van der Waals surface area contributed by atoms with Gasteiger partial charge in [-0.2, -0.15) is 0 Å². The van der Waals surface area contributed by atoms with Gasteiger partial charge < -0.3 is 9.72 Å². The lowest BCUT2D eigenvalue weighted by atomic mass is 10.3. The van der Waals surface area contributed by atoms with Crippen molar-refractivity contribution in [2.45, 2.75) is 12.2 Å². The Hall–Kier alpha value is -2.27. The number of hydrogen-bond acceptors (Lipinski definition) is 4. The Balaban J connectivity index is 1.57. The summed E-state index contributed by atoms with van der Waals surface area (Å²) >= 11 is 1.50. The van der Waals surface area contributed by atoms with Crippen LogP contribution in [0.4, 0.5) is 0 Å². The van der Waals surface area contributed by atoms with E-state index in [0.717, 1.165) is 16.9 Å². The molecule has 0 fully saturated rings. The lowest BCUT2D eigenvalue weighted by molar-refractivity contribution is -0.131. The van der Waals surface area contributed by atoms with Crippen LogP contribution in [0.15, 0.2) is 54.6 Å². The molecule has 0 amide bonds. The maximum Gasteiger partial charge on any atom is 0.321 e. The molecule has 0 radical (unpaired) electrons. The van der Waals surface area contributed by atoms with Crippen molar-refractivity contribution in [3.05, 3.63) is 60.4 Å². The number of thioether (sulfide) groups is 1. The minimum atomic E-state index is -0.251. The van der Waals surface area contributed by atoms with E-state index in [-0.39, 0.29) is 17.0 Å². The molecule has 4 nitrogen and oxygen atoms in total. The number of para-hydroxylation sites is 3. The molecular weight excluding hydrogens is 296 g/mol. The predicted molar refractivity (Wildman–Crippen MR) is 89.0 cm³/mol. The normalized spacial score (nSPS) is 12.2. The molecule has 5 heteroatoms. The highest BCUT2D eigenvalue weighted by atomic mass is 32.2. The SMILES string of the molecule is C[C@H](SCC(=O)Oc1ccccc1)c1nc2ccccc2[nH]1. The number of nitrogens with zero attached hydrogens (tertiary/aromatic N) is 1. The first kappa shape index (κ1) is 14.7. The third-order valence-corrected chi connectivity index (χ3v) is 4.34. The van der Waals surface area contributed by atoms with E-state index in [0.29, 0.717) is 5.75 Å². The molecule has 3 rings (SSSR count). The number of rotatable bonds is 5. The summed E-state index contributed by atoms with van der Waals surface area (Å²) in [4.78, 5) is 19.7. The number of H-pyrrole nitrogens is 1. The largest absolute Gasteiger partial charge is 0.426 e. The Kier molecular flexibility index (Phi) is 4.44. The summed E-state index contributed by atoms with van der Waals surface area (Å²) in [5.41, 5.74) is 1.95. The molecule has 0 bridgehead atoms. The number of hydrogen-bond donors (Lipinski definition) is 1. The summed E-state index contributed by atoms with van der Waals surface area (Å²) in [5, 5.41) is 0.0933. The standard InChI is InChI=1S/C17H16N2O2S/c1-12(17-18-14-9-5-6-10-15(14)19-17)22-11-16(20)21-13-7-3-2-4-8-13/h2-10,12H,11H2,1H3,(H,18,19)/t12-/m0/s1. The van der Waals surface area contributed by atoms with Gasteiger partial charge in [0.25, 0.3) is 0 Å². The minimum absolute atomic E-state index is 0.0933. The molecule has 0 unspecified atom stereocenters. The number of aromatic nitrogens is 2. The molecule has 1 atom stereocenters. The second kappa shape index (κ2) is 6.66. The average molecular weight is 312 g/mol. The molecule has 0 saturated carbocycles. The van der Waals surface area contributed by atoms with Crippen molar-refractivity contribution in [1.29, 1.82) is 0 Å². The van der Waals surface area contributed by atoms with E-state index in [1.807, 2.05) is 49.4 Å². The van der Waals surface area contributed by atoms with Crippen LogP contribution in [0.25, 0.3) is 11.0 Å². The van der Waals surface area contributed by atoms with E-state index in [1.165, 1.54) is 11.8 Å².